The molecule has 1 aromatic heterocycles. The van der Waals surface area contributed by atoms with Crippen LogP contribution in [0.1, 0.15) is 24.6 Å². The molecule has 0 saturated carbocycles. The van der Waals surface area contributed by atoms with Gasteiger partial charge in [0, 0.05) is 18.0 Å². The Hall–Kier alpha value is -2.64. The summed E-state index contributed by atoms with van der Waals surface area (Å²) in [7, 11) is 4.07. The van der Waals surface area contributed by atoms with E-state index in [1.807, 2.05) is 36.4 Å². The van der Waals surface area contributed by atoms with Crippen molar-refractivity contribution >= 4 is 34.4 Å². The van der Waals surface area contributed by atoms with Gasteiger partial charge in [0.25, 0.3) is 11.8 Å². The molecule has 0 unspecified atom stereocenters. The van der Waals surface area contributed by atoms with Crippen LogP contribution in [0.25, 0.3) is 5.57 Å². The Bertz CT molecular complexity index is 945. The fourth-order valence-electron chi connectivity index (χ4n) is 4.15. The monoisotopic (exact) mass is 425 g/mol. The number of ether oxygens (including phenoxy) is 1. The average molecular weight is 426 g/mol. The zero-order chi connectivity index (χ0) is 21.3. The Kier molecular flexibility index (Phi) is 5.92. The van der Waals surface area contributed by atoms with Gasteiger partial charge in [-0.1, -0.05) is 6.07 Å². The minimum absolute atomic E-state index is 0.239. The van der Waals surface area contributed by atoms with Gasteiger partial charge in [-0.15, -0.1) is 11.3 Å². The van der Waals surface area contributed by atoms with Gasteiger partial charge in [-0.2, -0.15) is 0 Å². The van der Waals surface area contributed by atoms with Gasteiger partial charge < -0.3 is 14.5 Å². The van der Waals surface area contributed by atoms with Crippen LogP contribution in [0.4, 0.5) is 5.69 Å². The lowest BCUT2D eigenvalue weighted by Gasteiger charge is -2.36. The molecule has 2 amide bonds. The lowest BCUT2D eigenvalue weighted by molar-refractivity contribution is -0.120. The highest BCUT2D eigenvalue weighted by molar-refractivity contribution is 7.11. The number of nitrogens with zero attached hydrogens (tertiary/aromatic N) is 3. The summed E-state index contributed by atoms with van der Waals surface area (Å²) in [4.78, 5) is 33.5. The molecule has 4 rings (SSSR count). The summed E-state index contributed by atoms with van der Waals surface area (Å²) in [6.07, 6.45) is 1.94. The fourth-order valence-corrected chi connectivity index (χ4v) is 4.91. The number of hydrogen-bond acceptors (Lipinski definition) is 6. The number of likely N-dealkylation sites (N-methyl/N-ethyl adjacent to an activating group) is 1. The van der Waals surface area contributed by atoms with Gasteiger partial charge in [-0.05, 0) is 75.6 Å². The molecule has 0 atom stereocenters. The molecule has 2 aliphatic heterocycles. The third kappa shape index (κ3) is 3.75. The second kappa shape index (κ2) is 8.62. The quantitative estimate of drug-likeness (QED) is 0.664. The minimum Gasteiger partial charge on any atom is -0.494 e. The summed E-state index contributed by atoms with van der Waals surface area (Å²) in [5.74, 6) is 0.200. The first-order valence-corrected chi connectivity index (χ1v) is 11.2. The molecule has 0 bridgehead atoms. The predicted molar refractivity (Wildman–Crippen MR) is 120 cm³/mol. The lowest BCUT2D eigenvalue weighted by Crippen LogP contribution is -2.43. The van der Waals surface area contributed by atoms with E-state index in [9.17, 15) is 9.59 Å². The van der Waals surface area contributed by atoms with Crippen LogP contribution >= 0.6 is 11.3 Å². The van der Waals surface area contributed by atoms with E-state index < -0.39 is 0 Å². The van der Waals surface area contributed by atoms with Crippen molar-refractivity contribution < 1.29 is 14.3 Å². The molecule has 6 nitrogen and oxygen atoms in total. The predicted octanol–water partition coefficient (Wildman–Crippen LogP) is 3.46. The zero-order valence-electron chi connectivity index (χ0n) is 17.6. The molecular weight excluding hydrogens is 398 g/mol. The molecule has 30 heavy (non-hydrogen) atoms. The van der Waals surface area contributed by atoms with Crippen molar-refractivity contribution in [3.05, 3.63) is 52.4 Å². The van der Waals surface area contributed by atoms with Crippen molar-refractivity contribution in [2.75, 3.05) is 38.7 Å². The van der Waals surface area contributed by atoms with E-state index in [-0.39, 0.29) is 17.9 Å². The Morgan fingerprint density at radius 2 is 1.80 bits per heavy atom. The summed E-state index contributed by atoms with van der Waals surface area (Å²) in [6.45, 7) is 4.46. The van der Waals surface area contributed by atoms with Gasteiger partial charge in [0.05, 0.1) is 17.9 Å². The second-order valence-corrected chi connectivity index (χ2v) is 8.67. The largest absolute Gasteiger partial charge is 0.494 e. The highest BCUT2D eigenvalue weighted by Gasteiger charge is 2.43. The number of likely N-dealkylation sites (tertiary alicyclic amines) is 1. The van der Waals surface area contributed by atoms with E-state index in [1.54, 1.807) is 24.3 Å². The Balaban J connectivity index is 1.69. The molecule has 2 aliphatic rings. The number of rotatable bonds is 6. The molecular formula is C23H27N3O3S. The van der Waals surface area contributed by atoms with Gasteiger partial charge in [-0.3, -0.25) is 9.59 Å². The van der Waals surface area contributed by atoms with Crippen molar-refractivity contribution in [2.45, 2.75) is 25.8 Å². The average Bonchev–Trinajstić information content (AvgIpc) is 3.35. The van der Waals surface area contributed by atoms with Crippen molar-refractivity contribution in [1.29, 1.82) is 0 Å². The molecule has 0 aliphatic carbocycles. The highest BCUT2D eigenvalue weighted by Crippen LogP contribution is 2.37. The topological polar surface area (TPSA) is 53.1 Å². The molecule has 3 heterocycles. The van der Waals surface area contributed by atoms with Gasteiger partial charge in [0.2, 0.25) is 0 Å². The number of piperidine rings is 1. The first-order valence-electron chi connectivity index (χ1n) is 10.3. The van der Waals surface area contributed by atoms with Gasteiger partial charge >= 0.3 is 0 Å². The number of carbonyl (C=O) groups is 2. The number of carbonyl (C=O) groups excluding carboxylic acids is 2. The van der Waals surface area contributed by atoms with Crippen LogP contribution in [-0.4, -0.2) is 61.4 Å². The number of hydrogen-bond donors (Lipinski definition) is 0. The van der Waals surface area contributed by atoms with Crippen LogP contribution in [-0.2, 0) is 9.59 Å². The molecule has 1 fully saturated rings. The highest BCUT2D eigenvalue weighted by atomic mass is 32.1. The summed E-state index contributed by atoms with van der Waals surface area (Å²) in [6, 6.07) is 11.2. The molecule has 0 radical (unpaired) electrons. The maximum atomic E-state index is 13.5. The molecule has 0 spiro atoms. The van der Waals surface area contributed by atoms with Crippen LogP contribution in [0.5, 0.6) is 5.75 Å². The van der Waals surface area contributed by atoms with Crippen LogP contribution in [0.2, 0.25) is 0 Å². The van der Waals surface area contributed by atoms with Crippen LogP contribution < -0.4 is 9.64 Å². The molecule has 1 aromatic carbocycles. The second-order valence-electron chi connectivity index (χ2n) is 7.72. The van der Waals surface area contributed by atoms with E-state index in [1.165, 1.54) is 16.2 Å². The number of anilines is 1. The van der Waals surface area contributed by atoms with E-state index in [0.29, 0.717) is 23.6 Å². The van der Waals surface area contributed by atoms with Crippen LogP contribution in [0, 0.1) is 0 Å². The maximum absolute atomic E-state index is 13.5. The Morgan fingerprint density at radius 3 is 2.40 bits per heavy atom. The van der Waals surface area contributed by atoms with Crippen LogP contribution in [0.15, 0.2) is 47.5 Å². The lowest BCUT2D eigenvalue weighted by atomic mass is 10.0. The minimum atomic E-state index is -0.263. The number of benzene rings is 1. The van der Waals surface area contributed by atoms with Gasteiger partial charge in [0.1, 0.15) is 11.4 Å². The third-order valence-corrected chi connectivity index (χ3v) is 6.71. The number of imide groups is 1. The van der Waals surface area contributed by atoms with Crippen LogP contribution in [0.3, 0.4) is 0 Å². The van der Waals surface area contributed by atoms with Gasteiger partial charge in [0.15, 0.2) is 0 Å². The SMILES string of the molecule is CCOc1ccc(N2C(=O)C(c3cccs3)=C(N(C)C3CCN(C)CC3)C2=O)cc1. The normalized spacial score (nSPS) is 18.4. The molecule has 2 aromatic rings. The van der Waals surface area contributed by atoms with E-state index in [4.69, 9.17) is 4.74 Å². The Labute approximate surface area is 181 Å². The van der Waals surface area contributed by atoms with Crippen molar-refractivity contribution in [1.82, 2.24) is 9.80 Å². The molecule has 0 N–H and O–H groups in total. The summed E-state index contributed by atoms with van der Waals surface area (Å²) in [5.41, 5.74) is 1.57. The maximum Gasteiger partial charge on any atom is 0.282 e. The molecule has 158 valence electrons. The van der Waals surface area contributed by atoms with E-state index >= 15 is 0 Å². The summed E-state index contributed by atoms with van der Waals surface area (Å²) >= 11 is 1.49. The smallest absolute Gasteiger partial charge is 0.282 e. The number of amides is 2. The number of thiophene rings is 1. The molecule has 7 heteroatoms. The summed E-state index contributed by atoms with van der Waals surface area (Å²) < 4.78 is 5.50. The van der Waals surface area contributed by atoms with Gasteiger partial charge in [-0.25, -0.2) is 4.90 Å². The van der Waals surface area contributed by atoms with E-state index in [0.717, 1.165) is 36.6 Å². The molecule has 1 saturated heterocycles. The van der Waals surface area contributed by atoms with E-state index in [2.05, 4.69) is 11.9 Å². The van der Waals surface area contributed by atoms with Crippen molar-refractivity contribution in [3.63, 3.8) is 0 Å². The Morgan fingerprint density at radius 1 is 1.10 bits per heavy atom. The fraction of sp³-hybridized carbons (Fsp3) is 0.391. The first-order chi connectivity index (χ1) is 14.5. The third-order valence-electron chi connectivity index (χ3n) is 5.82. The first kappa shape index (κ1) is 20.6. The summed E-state index contributed by atoms with van der Waals surface area (Å²) in [5, 5.41) is 1.94. The standard InChI is InChI=1S/C23H27N3O3S/c1-4-29-18-9-7-17(8-10-18)26-22(27)20(19-6-5-15-30-19)21(23(26)28)25(3)16-11-13-24(2)14-12-16/h5-10,15-16H,4,11-14H2,1-3H3. The van der Waals surface area contributed by atoms with Crippen molar-refractivity contribution in [3.8, 4) is 5.75 Å². The van der Waals surface area contributed by atoms with Crippen molar-refractivity contribution in [2.24, 2.45) is 0 Å². The zero-order valence-corrected chi connectivity index (χ0v) is 18.4.